The van der Waals surface area contributed by atoms with Crippen molar-refractivity contribution in [2.75, 3.05) is 29.0 Å². The van der Waals surface area contributed by atoms with Crippen LogP contribution in [0.15, 0.2) is 18.2 Å². The highest BCUT2D eigenvalue weighted by Gasteiger charge is 2.12. The maximum atomic E-state index is 6.12. The van der Waals surface area contributed by atoms with Crippen LogP contribution in [0.1, 0.15) is 13.8 Å². The number of anilines is 4. The van der Waals surface area contributed by atoms with E-state index in [0.29, 0.717) is 27.6 Å². The Morgan fingerprint density at radius 2 is 1.71 bits per heavy atom. The fourth-order valence-electron chi connectivity index (χ4n) is 1.81. The zero-order valence-corrected chi connectivity index (χ0v) is 13.3. The number of aromatic nitrogens is 3. The average Bonchev–Trinajstić information content (AvgIpc) is 2.44. The van der Waals surface area contributed by atoms with E-state index < -0.39 is 0 Å². The summed E-state index contributed by atoms with van der Waals surface area (Å²) in [5.74, 6) is 0.954. The minimum atomic E-state index is 0.137. The molecule has 112 valence electrons. The molecule has 0 radical (unpaired) electrons. The van der Waals surface area contributed by atoms with Crippen LogP contribution in [0.4, 0.5) is 23.5 Å². The van der Waals surface area contributed by atoms with Gasteiger partial charge in [0.1, 0.15) is 0 Å². The van der Waals surface area contributed by atoms with Gasteiger partial charge in [-0.2, -0.15) is 15.0 Å². The molecule has 1 heterocycles. The fraction of sp³-hybridized carbons (Fsp3) is 0.308. The zero-order chi connectivity index (χ0) is 15.4. The molecule has 21 heavy (non-hydrogen) atoms. The molecule has 1 aromatic carbocycles. The number of nitrogens with one attached hydrogen (secondary N) is 1. The van der Waals surface area contributed by atoms with Gasteiger partial charge in [-0.15, -0.1) is 0 Å². The van der Waals surface area contributed by atoms with Crippen molar-refractivity contribution in [1.82, 2.24) is 15.0 Å². The largest absolute Gasteiger partial charge is 0.368 e. The standard InChI is InChI=1S/C13H16Cl2N6/c1-3-21(4-2)13-19-11(16)18-12(20-13)17-10-8(14)6-5-7-9(10)15/h5-7H,3-4H2,1-2H3,(H3,16,17,18,19,20). The SMILES string of the molecule is CCN(CC)c1nc(N)nc(Nc2c(Cl)cccc2Cl)n1. The highest BCUT2D eigenvalue weighted by molar-refractivity contribution is 6.39. The second-order valence-electron chi connectivity index (χ2n) is 4.21. The second-order valence-corrected chi connectivity index (χ2v) is 5.03. The monoisotopic (exact) mass is 326 g/mol. The zero-order valence-electron chi connectivity index (χ0n) is 11.8. The van der Waals surface area contributed by atoms with Gasteiger partial charge in [-0.1, -0.05) is 29.3 Å². The van der Waals surface area contributed by atoms with Crippen LogP contribution in [0.5, 0.6) is 0 Å². The number of hydrogen-bond donors (Lipinski definition) is 2. The quantitative estimate of drug-likeness (QED) is 0.877. The summed E-state index contributed by atoms with van der Waals surface area (Å²) in [5, 5.41) is 3.95. The van der Waals surface area contributed by atoms with Crippen molar-refractivity contribution in [3.05, 3.63) is 28.2 Å². The molecule has 0 saturated carbocycles. The number of nitrogen functional groups attached to an aromatic ring is 1. The molecule has 2 aromatic rings. The van der Waals surface area contributed by atoms with E-state index in [1.165, 1.54) is 0 Å². The third kappa shape index (κ3) is 3.65. The molecule has 0 amide bonds. The number of halogens is 2. The summed E-state index contributed by atoms with van der Waals surface area (Å²) in [6, 6.07) is 5.22. The molecule has 0 aliphatic carbocycles. The van der Waals surface area contributed by atoms with Crippen LogP contribution in [0.25, 0.3) is 0 Å². The lowest BCUT2D eigenvalue weighted by atomic mass is 10.3. The summed E-state index contributed by atoms with van der Waals surface area (Å²) in [5.41, 5.74) is 6.28. The van der Waals surface area contributed by atoms with Crippen molar-refractivity contribution >= 4 is 46.7 Å². The van der Waals surface area contributed by atoms with Gasteiger partial charge in [0.2, 0.25) is 17.8 Å². The maximum Gasteiger partial charge on any atom is 0.233 e. The first-order valence-electron chi connectivity index (χ1n) is 6.52. The summed E-state index contributed by atoms with van der Waals surface area (Å²) < 4.78 is 0. The van der Waals surface area contributed by atoms with Crippen molar-refractivity contribution in [3.63, 3.8) is 0 Å². The summed E-state index contributed by atoms with van der Waals surface area (Å²) in [6.07, 6.45) is 0. The highest BCUT2D eigenvalue weighted by atomic mass is 35.5. The van der Waals surface area contributed by atoms with Gasteiger partial charge in [-0.25, -0.2) is 0 Å². The van der Waals surface area contributed by atoms with Crippen LogP contribution in [-0.2, 0) is 0 Å². The summed E-state index contributed by atoms with van der Waals surface area (Å²) in [6.45, 7) is 5.57. The van der Waals surface area contributed by atoms with E-state index in [0.717, 1.165) is 13.1 Å². The van der Waals surface area contributed by atoms with Gasteiger partial charge in [0.05, 0.1) is 15.7 Å². The number of para-hydroxylation sites is 1. The van der Waals surface area contributed by atoms with Crippen LogP contribution < -0.4 is 16.0 Å². The molecule has 0 aliphatic heterocycles. The lowest BCUT2D eigenvalue weighted by Gasteiger charge is -2.19. The Morgan fingerprint density at radius 3 is 2.29 bits per heavy atom. The van der Waals surface area contributed by atoms with Gasteiger partial charge in [0.25, 0.3) is 0 Å². The Bertz CT molecular complexity index is 610. The molecule has 0 aliphatic rings. The molecule has 8 heteroatoms. The Hall–Kier alpha value is -1.79. The molecule has 0 unspecified atom stereocenters. The molecule has 0 saturated heterocycles. The lowest BCUT2D eigenvalue weighted by molar-refractivity contribution is 0.816. The highest BCUT2D eigenvalue weighted by Crippen LogP contribution is 2.31. The smallest absolute Gasteiger partial charge is 0.233 e. The molecule has 6 nitrogen and oxygen atoms in total. The number of benzene rings is 1. The molecular formula is C13H16Cl2N6. The van der Waals surface area contributed by atoms with E-state index in [9.17, 15) is 0 Å². The van der Waals surface area contributed by atoms with Crippen LogP contribution in [-0.4, -0.2) is 28.0 Å². The third-order valence-corrected chi connectivity index (χ3v) is 3.52. The van der Waals surface area contributed by atoms with Crippen molar-refractivity contribution in [1.29, 1.82) is 0 Å². The van der Waals surface area contributed by atoms with Crippen molar-refractivity contribution in [3.8, 4) is 0 Å². The molecule has 1 aromatic heterocycles. The van der Waals surface area contributed by atoms with Gasteiger partial charge in [0.15, 0.2) is 0 Å². The predicted molar refractivity (Wildman–Crippen MR) is 87.5 cm³/mol. The molecule has 0 atom stereocenters. The van der Waals surface area contributed by atoms with Gasteiger partial charge in [-0.3, -0.25) is 0 Å². The van der Waals surface area contributed by atoms with Gasteiger partial charge < -0.3 is 16.0 Å². The van der Waals surface area contributed by atoms with E-state index in [-0.39, 0.29) is 5.95 Å². The van der Waals surface area contributed by atoms with Crippen LogP contribution in [0.3, 0.4) is 0 Å². The number of nitrogens with zero attached hydrogens (tertiary/aromatic N) is 4. The van der Waals surface area contributed by atoms with E-state index in [4.69, 9.17) is 28.9 Å². The molecular weight excluding hydrogens is 311 g/mol. The van der Waals surface area contributed by atoms with Crippen molar-refractivity contribution in [2.24, 2.45) is 0 Å². The number of rotatable bonds is 5. The van der Waals surface area contributed by atoms with Crippen LogP contribution in [0.2, 0.25) is 10.0 Å². The number of nitrogens with two attached hydrogens (primary N) is 1. The Balaban J connectivity index is 2.36. The normalized spacial score (nSPS) is 10.5. The summed E-state index contributed by atoms with van der Waals surface area (Å²) in [7, 11) is 0. The van der Waals surface area contributed by atoms with Gasteiger partial charge in [-0.05, 0) is 26.0 Å². The van der Waals surface area contributed by atoms with Gasteiger partial charge in [0, 0.05) is 13.1 Å². The van der Waals surface area contributed by atoms with Crippen molar-refractivity contribution < 1.29 is 0 Å². The summed E-state index contributed by atoms with van der Waals surface area (Å²) >= 11 is 12.2. The third-order valence-electron chi connectivity index (χ3n) is 2.89. The number of hydrogen-bond acceptors (Lipinski definition) is 6. The fourth-order valence-corrected chi connectivity index (χ4v) is 2.31. The molecule has 3 N–H and O–H groups in total. The lowest BCUT2D eigenvalue weighted by Crippen LogP contribution is -2.25. The molecule has 0 bridgehead atoms. The van der Waals surface area contributed by atoms with E-state index in [1.54, 1.807) is 18.2 Å². The van der Waals surface area contributed by atoms with Crippen LogP contribution >= 0.6 is 23.2 Å². The van der Waals surface area contributed by atoms with Gasteiger partial charge >= 0.3 is 0 Å². The maximum absolute atomic E-state index is 6.12. The molecule has 0 spiro atoms. The van der Waals surface area contributed by atoms with Crippen LogP contribution in [0, 0.1) is 0 Å². The molecule has 2 rings (SSSR count). The second kappa shape index (κ2) is 6.78. The topological polar surface area (TPSA) is 80.0 Å². The Morgan fingerprint density at radius 1 is 1.10 bits per heavy atom. The molecule has 0 fully saturated rings. The minimum absolute atomic E-state index is 0.137. The average molecular weight is 327 g/mol. The Labute approximate surface area is 133 Å². The Kier molecular flexibility index (Phi) is 5.03. The first-order valence-corrected chi connectivity index (χ1v) is 7.28. The van der Waals surface area contributed by atoms with E-state index in [2.05, 4.69) is 20.3 Å². The predicted octanol–water partition coefficient (Wildman–Crippen LogP) is 3.35. The van der Waals surface area contributed by atoms with E-state index in [1.807, 2.05) is 18.7 Å². The first kappa shape index (κ1) is 15.6. The van der Waals surface area contributed by atoms with Crippen molar-refractivity contribution in [2.45, 2.75) is 13.8 Å². The summed E-state index contributed by atoms with van der Waals surface area (Å²) in [4.78, 5) is 14.5. The van der Waals surface area contributed by atoms with E-state index >= 15 is 0 Å². The first-order chi connectivity index (χ1) is 10.0. The minimum Gasteiger partial charge on any atom is -0.368 e.